The molecule has 7 rings (SSSR count). The smallest absolute Gasteiger partial charge is 0.339 e. The lowest BCUT2D eigenvalue weighted by Gasteiger charge is -2.26. The molecule has 6 heterocycles. The number of allylic oxidation sites excluding steroid dienone is 2. The molecule has 1 aromatic carbocycles. The first-order valence-corrected chi connectivity index (χ1v) is 20.1. The number of amides is 3. The highest BCUT2D eigenvalue weighted by atomic mass is 16.5. The van der Waals surface area contributed by atoms with E-state index < -0.39 is 23.7 Å². The minimum absolute atomic E-state index is 0.182. The van der Waals surface area contributed by atoms with Crippen LogP contribution in [0.15, 0.2) is 48.7 Å². The number of morpholine rings is 1. The van der Waals surface area contributed by atoms with Gasteiger partial charge in [0.05, 0.1) is 49.4 Å². The van der Waals surface area contributed by atoms with Gasteiger partial charge in [0.25, 0.3) is 11.8 Å². The third-order valence-corrected chi connectivity index (χ3v) is 10.1. The van der Waals surface area contributed by atoms with Crippen molar-refractivity contribution < 1.29 is 33.4 Å². The number of hydrogen-bond donors (Lipinski definition) is 3. The van der Waals surface area contributed by atoms with Gasteiger partial charge in [-0.15, -0.1) is 0 Å². The fourth-order valence-corrected chi connectivity index (χ4v) is 7.19. The van der Waals surface area contributed by atoms with Crippen molar-refractivity contribution >= 4 is 57.8 Å². The molecule has 0 bridgehead atoms. The number of carbonyl (C=O) groups is 4. The van der Waals surface area contributed by atoms with E-state index in [-0.39, 0.29) is 36.1 Å². The molecule has 3 amide bonds. The lowest BCUT2D eigenvalue weighted by Crippen LogP contribution is -2.37. The Morgan fingerprint density at radius 1 is 0.820 bits per heavy atom. The van der Waals surface area contributed by atoms with Crippen LogP contribution >= 0.6 is 0 Å². The van der Waals surface area contributed by atoms with E-state index in [9.17, 15) is 19.2 Å². The summed E-state index contributed by atoms with van der Waals surface area (Å²) in [4.78, 5) is 68.5. The molecule has 1 aliphatic heterocycles. The van der Waals surface area contributed by atoms with E-state index in [0.29, 0.717) is 90.1 Å². The van der Waals surface area contributed by atoms with Crippen LogP contribution in [0.3, 0.4) is 0 Å². The monoisotopic (exact) mass is 835 g/mol. The number of imidazole rings is 2. The summed E-state index contributed by atoms with van der Waals surface area (Å²) in [5.41, 5.74) is 9.95. The topological polar surface area (TPSA) is 233 Å². The minimum Gasteiger partial charge on any atom is -0.491 e. The quantitative estimate of drug-likeness (QED) is 0.0678. The third kappa shape index (κ3) is 9.29. The number of methoxy groups -OCH3 is 1. The van der Waals surface area contributed by atoms with Gasteiger partial charge in [0.2, 0.25) is 17.8 Å². The highest BCUT2D eigenvalue weighted by molar-refractivity contribution is 6.05. The van der Waals surface area contributed by atoms with Crippen molar-refractivity contribution in [2.45, 2.75) is 60.3 Å². The van der Waals surface area contributed by atoms with E-state index in [1.165, 1.54) is 13.3 Å². The molecule has 0 unspecified atom stereocenters. The molecular formula is C41H49N13O7. The SMILES string of the molecule is CCn1nc(C)cc1C(=O)Nc1nc2cc(C(=O)OC)cnc2n1C/C=C/Cn1c(NC(=O)c2cc(C)nn2CC)nc2cc(C(N)=O)cc(OCCCN3CCOCC3)c21. The number of ether oxygens (including phenoxy) is 3. The van der Waals surface area contributed by atoms with Crippen molar-refractivity contribution in [1.29, 1.82) is 0 Å². The van der Waals surface area contributed by atoms with Crippen LogP contribution in [0.1, 0.15) is 73.3 Å². The standard InChI is InChI=1S/C41H49N13O7/c1-6-53-31(19-25(3)48-53)37(56)46-40-44-29-21-27(35(42)55)23-33(61-16-10-11-50-14-17-60-18-15-50)34(29)51(40)12-8-9-13-52-36-30(22-28(24-43-36)39(58)59-5)45-41(52)47-38(57)32-20-26(4)49-54(32)7-2/h8-9,19-24H,6-7,10-18H2,1-5H3,(H2,42,55)(H,44,46,56)(H,45,47,57)/b9-8+. The van der Waals surface area contributed by atoms with E-state index >= 15 is 0 Å². The van der Waals surface area contributed by atoms with Gasteiger partial charge >= 0.3 is 5.97 Å². The number of rotatable bonds is 17. The summed E-state index contributed by atoms with van der Waals surface area (Å²) >= 11 is 0. The molecule has 6 aromatic rings. The summed E-state index contributed by atoms with van der Waals surface area (Å²) in [6.45, 7) is 12.9. The van der Waals surface area contributed by atoms with Crippen LogP contribution in [-0.2, 0) is 35.7 Å². The predicted molar refractivity (Wildman–Crippen MR) is 225 cm³/mol. The summed E-state index contributed by atoms with van der Waals surface area (Å²) in [6.07, 6.45) is 5.81. The summed E-state index contributed by atoms with van der Waals surface area (Å²) < 4.78 is 23.4. The zero-order valence-electron chi connectivity index (χ0n) is 34.8. The molecule has 1 aliphatic rings. The molecule has 20 heteroatoms. The Bertz CT molecular complexity index is 2630. The van der Waals surface area contributed by atoms with E-state index in [1.807, 2.05) is 32.9 Å². The van der Waals surface area contributed by atoms with Crippen LogP contribution < -0.4 is 21.1 Å². The first-order chi connectivity index (χ1) is 29.5. The van der Waals surface area contributed by atoms with E-state index in [0.717, 1.165) is 19.6 Å². The van der Waals surface area contributed by atoms with Crippen molar-refractivity contribution in [1.82, 2.24) is 48.5 Å². The predicted octanol–water partition coefficient (Wildman–Crippen LogP) is 3.58. The van der Waals surface area contributed by atoms with Gasteiger partial charge in [-0.25, -0.2) is 19.7 Å². The summed E-state index contributed by atoms with van der Waals surface area (Å²) in [6, 6.07) is 8.10. The Kier molecular flexibility index (Phi) is 12.8. The van der Waals surface area contributed by atoms with Crippen molar-refractivity contribution in [3.05, 3.63) is 82.6 Å². The van der Waals surface area contributed by atoms with Gasteiger partial charge in [-0.1, -0.05) is 12.2 Å². The van der Waals surface area contributed by atoms with E-state index in [1.54, 1.807) is 55.8 Å². The summed E-state index contributed by atoms with van der Waals surface area (Å²) in [5.74, 6) is -1.31. The number of benzene rings is 1. The number of hydrogen-bond acceptors (Lipinski definition) is 13. The molecule has 320 valence electrons. The molecule has 4 N–H and O–H groups in total. The van der Waals surface area contributed by atoms with Crippen LogP contribution in [0.25, 0.3) is 22.2 Å². The maximum absolute atomic E-state index is 13.8. The molecule has 0 saturated carbocycles. The van der Waals surface area contributed by atoms with Gasteiger partial charge in [-0.05, 0) is 64.4 Å². The average Bonchev–Trinajstić information content (AvgIpc) is 4.02. The molecule has 20 nitrogen and oxygen atoms in total. The Morgan fingerprint density at radius 3 is 2.02 bits per heavy atom. The highest BCUT2D eigenvalue weighted by Crippen LogP contribution is 2.32. The molecule has 0 atom stereocenters. The molecule has 1 saturated heterocycles. The van der Waals surface area contributed by atoms with Gasteiger partial charge in [-0.3, -0.25) is 43.8 Å². The lowest BCUT2D eigenvalue weighted by molar-refractivity contribution is 0.0358. The normalized spacial score (nSPS) is 13.3. The van der Waals surface area contributed by atoms with Crippen molar-refractivity contribution in [2.75, 3.05) is 57.2 Å². The van der Waals surface area contributed by atoms with Gasteiger partial charge < -0.3 is 24.5 Å². The van der Waals surface area contributed by atoms with Gasteiger partial charge in [-0.2, -0.15) is 10.2 Å². The number of aromatic nitrogens is 9. The summed E-state index contributed by atoms with van der Waals surface area (Å²) in [5, 5.41) is 14.7. The second-order valence-corrected chi connectivity index (χ2v) is 14.4. The number of anilines is 2. The van der Waals surface area contributed by atoms with Crippen LogP contribution in [0.5, 0.6) is 5.75 Å². The number of fused-ring (bicyclic) bond motifs is 2. The van der Waals surface area contributed by atoms with E-state index in [4.69, 9.17) is 24.9 Å². The highest BCUT2D eigenvalue weighted by Gasteiger charge is 2.23. The molecule has 0 radical (unpaired) electrons. The minimum atomic E-state index is -0.653. The number of nitrogens with two attached hydrogens (primary N) is 1. The van der Waals surface area contributed by atoms with Crippen LogP contribution in [-0.4, -0.2) is 119 Å². The molecule has 1 fully saturated rings. The Hall–Kier alpha value is -6.93. The van der Waals surface area contributed by atoms with Crippen molar-refractivity contribution in [3.8, 4) is 5.75 Å². The molecular weight excluding hydrogens is 787 g/mol. The van der Waals surface area contributed by atoms with Crippen LogP contribution in [0, 0.1) is 13.8 Å². The lowest BCUT2D eigenvalue weighted by atomic mass is 10.1. The first kappa shape index (κ1) is 42.2. The molecule has 0 spiro atoms. The zero-order chi connectivity index (χ0) is 43.2. The van der Waals surface area contributed by atoms with Gasteiger partial charge in [0, 0.05) is 57.6 Å². The van der Waals surface area contributed by atoms with Gasteiger partial charge in [0.15, 0.2) is 5.65 Å². The van der Waals surface area contributed by atoms with Crippen LogP contribution in [0.4, 0.5) is 11.9 Å². The number of pyridine rings is 1. The Morgan fingerprint density at radius 2 is 1.41 bits per heavy atom. The Balaban J connectivity index is 1.23. The van der Waals surface area contributed by atoms with Crippen molar-refractivity contribution in [2.24, 2.45) is 5.73 Å². The first-order valence-electron chi connectivity index (χ1n) is 20.1. The maximum atomic E-state index is 13.8. The maximum Gasteiger partial charge on any atom is 0.339 e. The van der Waals surface area contributed by atoms with Crippen LogP contribution in [0.2, 0.25) is 0 Å². The second kappa shape index (κ2) is 18.6. The number of aryl methyl sites for hydroxylation is 4. The van der Waals surface area contributed by atoms with E-state index in [2.05, 4.69) is 35.7 Å². The zero-order valence-corrected chi connectivity index (χ0v) is 34.8. The average molecular weight is 836 g/mol. The fraction of sp³-hybridized carbons (Fsp3) is 0.390. The number of esters is 1. The second-order valence-electron chi connectivity index (χ2n) is 14.4. The summed E-state index contributed by atoms with van der Waals surface area (Å²) in [7, 11) is 1.28. The largest absolute Gasteiger partial charge is 0.491 e. The fourth-order valence-electron chi connectivity index (χ4n) is 7.19. The van der Waals surface area contributed by atoms with Crippen molar-refractivity contribution in [3.63, 3.8) is 0 Å². The number of nitrogens with one attached hydrogen (secondary N) is 2. The number of nitrogens with zero attached hydrogens (tertiary/aromatic N) is 10. The molecule has 61 heavy (non-hydrogen) atoms. The van der Waals surface area contributed by atoms with Gasteiger partial charge in [0.1, 0.15) is 28.2 Å². The Labute approximate surface area is 350 Å². The third-order valence-electron chi connectivity index (χ3n) is 10.1. The number of primary amides is 1. The number of carbonyl (C=O) groups excluding carboxylic acids is 4. The molecule has 0 aliphatic carbocycles. The molecule has 5 aromatic heterocycles.